The third-order valence-corrected chi connectivity index (χ3v) is 3.84. The maximum absolute atomic E-state index is 11.2. The van der Waals surface area contributed by atoms with E-state index in [4.69, 9.17) is 4.74 Å². The van der Waals surface area contributed by atoms with E-state index >= 15 is 0 Å². The fraction of sp³-hybridized carbons (Fsp3) is 0.375. The number of ether oxygens (including phenoxy) is 1. The van der Waals surface area contributed by atoms with Crippen LogP contribution in [0, 0.1) is 10.1 Å². The predicted octanol–water partition coefficient (Wildman–Crippen LogP) is 3.36. The van der Waals surface area contributed by atoms with Gasteiger partial charge in [0.15, 0.2) is 0 Å². The number of hydrogen-bond acceptors (Lipinski definition) is 4. The second-order valence-corrected chi connectivity index (χ2v) is 5.57. The minimum absolute atomic E-state index is 0.155. The van der Waals surface area contributed by atoms with Crippen molar-refractivity contribution in [2.45, 2.75) is 26.1 Å². The smallest absolute Gasteiger partial charge is 0.277 e. The van der Waals surface area contributed by atoms with Gasteiger partial charge in [-0.05, 0) is 26.0 Å². The molecule has 110 valence electrons. The number of nitro groups is 1. The molecule has 0 amide bonds. The number of fused-ring (bicyclic) bond motifs is 1. The molecule has 0 bridgehead atoms. The van der Waals surface area contributed by atoms with Crippen molar-refractivity contribution in [3.63, 3.8) is 0 Å². The van der Waals surface area contributed by atoms with Gasteiger partial charge in [0.2, 0.25) is 0 Å². The largest absolute Gasteiger partial charge is 0.372 e. The highest BCUT2D eigenvalue weighted by molar-refractivity contribution is 6.00. The van der Waals surface area contributed by atoms with Gasteiger partial charge in [0, 0.05) is 30.2 Å². The van der Waals surface area contributed by atoms with Crippen LogP contribution in [0.1, 0.15) is 13.8 Å². The van der Waals surface area contributed by atoms with Crippen LogP contribution >= 0.6 is 0 Å². The van der Waals surface area contributed by atoms with Crippen molar-refractivity contribution in [2.75, 3.05) is 18.0 Å². The van der Waals surface area contributed by atoms with Gasteiger partial charge in [-0.15, -0.1) is 0 Å². The molecule has 5 heteroatoms. The summed E-state index contributed by atoms with van der Waals surface area (Å²) >= 11 is 0. The Kier molecular flexibility index (Phi) is 3.51. The van der Waals surface area contributed by atoms with Crippen LogP contribution in [0.2, 0.25) is 0 Å². The predicted molar refractivity (Wildman–Crippen MR) is 82.8 cm³/mol. The molecule has 2 aromatic rings. The zero-order valence-electron chi connectivity index (χ0n) is 12.2. The lowest BCUT2D eigenvalue weighted by Crippen LogP contribution is -2.45. The summed E-state index contributed by atoms with van der Waals surface area (Å²) in [6.45, 7) is 5.70. The van der Waals surface area contributed by atoms with E-state index in [2.05, 4.69) is 18.7 Å². The first-order valence-corrected chi connectivity index (χ1v) is 7.13. The first-order valence-electron chi connectivity index (χ1n) is 7.13. The third-order valence-electron chi connectivity index (χ3n) is 3.84. The van der Waals surface area contributed by atoms with E-state index in [1.165, 1.54) is 0 Å². The molecule has 0 spiro atoms. The van der Waals surface area contributed by atoms with Gasteiger partial charge < -0.3 is 9.64 Å². The molecule has 21 heavy (non-hydrogen) atoms. The fourth-order valence-corrected chi connectivity index (χ4v) is 3.08. The Hall–Kier alpha value is -2.14. The Morgan fingerprint density at radius 1 is 1.10 bits per heavy atom. The van der Waals surface area contributed by atoms with E-state index in [9.17, 15) is 10.1 Å². The summed E-state index contributed by atoms with van der Waals surface area (Å²) in [5.41, 5.74) is 1.20. The van der Waals surface area contributed by atoms with Crippen molar-refractivity contribution in [1.29, 1.82) is 0 Å². The van der Waals surface area contributed by atoms with Crippen LogP contribution in [0.3, 0.4) is 0 Å². The number of non-ortho nitro benzene ring substituents is 1. The molecular weight excluding hydrogens is 268 g/mol. The number of benzene rings is 2. The highest BCUT2D eigenvalue weighted by atomic mass is 16.6. The molecule has 1 fully saturated rings. The Labute approximate surface area is 123 Å². The molecule has 5 nitrogen and oxygen atoms in total. The highest BCUT2D eigenvalue weighted by Gasteiger charge is 2.25. The van der Waals surface area contributed by atoms with Crippen LogP contribution in [0.5, 0.6) is 0 Å². The Morgan fingerprint density at radius 2 is 1.71 bits per heavy atom. The first kappa shape index (κ1) is 13.8. The molecule has 1 aliphatic rings. The second kappa shape index (κ2) is 5.33. The minimum atomic E-state index is -0.323. The van der Waals surface area contributed by atoms with E-state index in [1.807, 2.05) is 30.3 Å². The van der Waals surface area contributed by atoms with Gasteiger partial charge in [-0.2, -0.15) is 0 Å². The van der Waals surface area contributed by atoms with E-state index in [0.29, 0.717) is 5.39 Å². The molecule has 1 aliphatic heterocycles. The zero-order valence-corrected chi connectivity index (χ0v) is 12.2. The van der Waals surface area contributed by atoms with Gasteiger partial charge in [-0.1, -0.05) is 18.2 Å². The molecule has 0 aromatic heterocycles. The summed E-state index contributed by atoms with van der Waals surface area (Å²) in [4.78, 5) is 13.1. The van der Waals surface area contributed by atoms with Crippen LogP contribution in [0.25, 0.3) is 10.8 Å². The zero-order chi connectivity index (χ0) is 15.0. The summed E-state index contributed by atoms with van der Waals surface area (Å²) < 4.78 is 5.76. The molecule has 1 heterocycles. The average molecular weight is 286 g/mol. The van der Waals surface area contributed by atoms with Gasteiger partial charge in [0.05, 0.1) is 22.5 Å². The molecular formula is C16H18N2O3. The normalized spacial score (nSPS) is 22.5. The van der Waals surface area contributed by atoms with E-state index in [1.54, 1.807) is 6.07 Å². The fourth-order valence-electron chi connectivity index (χ4n) is 3.08. The van der Waals surface area contributed by atoms with E-state index in [0.717, 1.165) is 24.2 Å². The molecule has 2 atom stereocenters. The minimum Gasteiger partial charge on any atom is -0.372 e. The van der Waals surface area contributed by atoms with Crippen LogP contribution in [0.15, 0.2) is 36.4 Å². The van der Waals surface area contributed by atoms with Gasteiger partial charge in [0.1, 0.15) is 0 Å². The standard InChI is InChI=1S/C16H18N2O3/c1-11-9-17(10-12(2)21-11)15-7-8-16(18(19)20)14-6-4-3-5-13(14)15/h3-8,11-12H,9-10H2,1-2H3. The van der Waals surface area contributed by atoms with Crippen molar-refractivity contribution in [3.8, 4) is 0 Å². The maximum Gasteiger partial charge on any atom is 0.277 e. The van der Waals surface area contributed by atoms with Crippen molar-refractivity contribution in [2.24, 2.45) is 0 Å². The monoisotopic (exact) mass is 286 g/mol. The van der Waals surface area contributed by atoms with Gasteiger partial charge in [0.25, 0.3) is 5.69 Å². The van der Waals surface area contributed by atoms with Crippen LogP contribution < -0.4 is 4.90 Å². The molecule has 0 aliphatic carbocycles. The summed E-state index contributed by atoms with van der Waals surface area (Å²) in [5, 5.41) is 12.8. The Balaban J connectivity index is 2.11. The lowest BCUT2D eigenvalue weighted by atomic mass is 10.0. The number of anilines is 1. The van der Waals surface area contributed by atoms with Crippen molar-refractivity contribution < 1.29 is 9.66 Å². The summed E-state index contributed by atoms with van der Waals surface area (Å²) in [6.07, 6.45) is 0.311. The van der Waals surface area contributed by atoms with Crippen LogP contribution in [-0.4, -0.2) is 30.2 Å². The topological polar surface area (TPSA) is 55.6 Å². The summed E-state index contributed by atoms with van der Waals surface area (Å²) in [6, 6.07) is 11.0. The molecule has 0 saturated carbocycles. The molecule has 3 rings (SSSR count). The Morgan fingerprint density at radius 3 is 2.33 bits per heavy atom. The number of nitro benzene ring substituents is 1. The number of rotatable bonds is 2. The third kappa shape index (κ3) is 2.56. The lowest BCUT2D eigenvalue weighted by Gasteiger charge is -2.37. The average Bonchev–Trinajstić information content (AvgIpc) is 2.44. The molecule has 0 radical (unpaired) electrons. The van der Waals surface area contributed by atoms with E-state index in [-0.39, 0.29) is 22.8 Å². The van der Waals surface area contributed by atoms with Crippen molar-refractivity contribution in [3.05, 3.63) is 46.5 Å². The molecule has 2 aromatic carbocycles. The lowest BCUT2D eigenvalue weighted by molar-refractivity contribution is -0.383. The van der Waals surface area contributed by atoms with E-state index < -0.39 is 0 Å². The summed E-state index contributed by atoms with van der Waals surface area (Å²) in [5.74, 6) is 0. The van der Waals surface area contributed by atoms with Crippen LogP contribution in [-0.2, 0) is 4.74 Å². The molecule has 1 saturated heterocycles. The number of morpholine rings is 1. The quantitative estimate of drug-likeness (QED) is 0.627. The SMILES string of the molecule is CC1CN(c2ccc([N+](=O)[O-])c3ccccc23)CC(C)O1. The Bertz CT molecular complexity index is 676. The number of nitrogens with zero attached hydrogens (tertiary/aromatic N) is 2. The van der Waals surface area contributed by atoms with Crippen LogP contribution in [0.4, 0.5) is 11.4 Å². The maximum atomic E-state index is 11.2. The van der Waals surface area contributed by atoms with Crippen molar-refractivity contribution in [1.82, 2.24) is 0 Å². The van der Waals surface area contributed by atoms with Gasteiger partial charge in [-0.25, -0.2) is 0 Å². The number of hydrogen-bond donors (Lipinski definition) is 0. The second-order valence-electron chi connectivity index (χ2n) is 5.57. The first-order chi connectivity index (χ1) is 10.1. The van der Waals surface area contributed by atoms with Gasteiger partial charge in [-0.3, -0.25) is 10.1 Å². The summed E-state index contributed by atoms with van der Waals surface area (Å²) in [7, 11) is 0. The molecule has 0 N–H and O–H groups in total. The van der Waals surface area contributed by atoms with Gasteiger partial charge >= 0.3 is 0 Å². The molecule has 2 unspecified atom stereocenters. The highest BCUT2D eigenvalue weighted by Crippen LogP contribution is 2.34. The van der Waals surface area contributed by atoms with Crippen molar-refractivity contribution >= 4 is 22.1 Å².